The molecule has 3 amide bonds. The van der Waals surface area contributed by atoms with Gasteiger partial charge in [-0.25, -0.2) is 13.9 Å². The largest absolute Gasteiger partial charge is 0.453 e. The Morgan fingerprint density at radius 3 is 2.77 bits per heavy atom. The number of methoxy groups -OCH3 is 1. The molecule has 0 saturated heterocycles. The third kappa shape index (κ3) is 6.81. The second-order valence-electron chi connectivity index (χ2n) is 10.2. The Morgan fingerprint density at radius 2 is 1.95 bits per heavy atom. The predicted molar refractivity (Wildman–Crippen MR) is 158 cm³/mol. The lowest BCUT2D eigenvalue weighted by Gasteiger charge is -2.19. The summed E-state index contributed by atoms with van der Waals surface area (Å²) in [6.45, 7) is 1.86. The summed E-state index contributed by atoms with van der Waals surface area (Å²) in [4.78, 5) is 42.7. The SMILES string of the molecule is COC(=O)Nc1ccc2c(c1)NC(=O)[C@@H](C)CCCC[C@H](NC(=O)c1cn(-c3cccc(Cl)c3F)nn1)c1ccnc-2c1. The highest BCUT2D eigenvalue weighted by atomic mass is 35.5. The lowest BCUT2D eigenvalue weighted by atomic mass is 9.97. The van der Waals surface area contributed by atoms with Crippen molar-refractivity contribution in [3.05, 3.63) is 83.0 Å². The van der Waals surface area contributed by atoms with Gasteiger partial charge in [-0.2, -0.15) is 0 Å². The lowest BCUT2D eigenvalue weighted by molar-refractivity contribution is -0.119. The van der Waals surface area contributed by atoms with Crippen LogP contribution in [0.4, 0.5) is 20.6 Å². The zero-order chi connectivity index (χ0) is 30.5. The molecule has 0 aliphatic carbocycles. The number of aromatic nitrogens is 4. The Morgan fingerprint density at radius 1 is 1.14 bits per heavy atom. The average Bonchev–Trinajstić information content (AvgIpc) is 3.50. The molecule has 5 rings (SSSR count). The number of nitrogens with one attached hydrogen (secondary N) is 3. The number of anilines is 2. The van der Waals surface area contributed by atoms with Gasteiger partial charge in [0.05, 0.1) is 35.8 Å². The summed E-state index contributed by atoms with van der Waals surface area (Å²) < 4.78 is 20.4. The fraction of sp³-hybridized carbons (Fsp3) is 0.267. The molecule has 222 valence electrons. The van der Waals surface area contributed by atoms with Crippen molar-refractivity contribution in [2.75, 3.05) is 17.7 Å². The highest BCUT2D eigenvalue weighted by Gasteiger charge is 2.23. The molecule has 1 aliphatic heterocycles. The number of ether oxygens (including phenoxy) is 1. The topological polar surface area (TPSA) is 140 Å². The number of nitrogens with zero attached hydrogens (tertiary/aromatic N) is 4. The summed E-state index contributed by atoms with van der Waals surface area (Å²) in [5.41, 5.74) is 2.99. The summed E-state index contributed by atoms with van der Waals surface area (Å²) >= 11 is 5.90. The van der Waals surface area contributed by atoms with Gasteiger partial charge in [0.15, 0.2) is 11.5 Å². The van der Waals surface area contributed by atoms with Crippen molar-refractivity contribution in [3.63, 3.8) is 0 Å². The Balaban J connectivity index is 1.46. The maximum atomic E-state index is 14.5. The van der Waals surface area contributed by atoms with Crippen molar-refractivity contribution in [1.82, 2.24) is 25.3 Å². The van der Waals surface area contributed by atoms with Gasteiger partial charge in [0, 0.05) is 23.4 Å². The van der Waals surface area contributed by atoms with Crippen LogP contribution in [0.25, 0.3) is 16.9 Å². The van der Waals surface area contributed by atoms with Crippen LogP contribution in [-0.4, -0.2) is 45.0 Å². The van der Waals surface area contributed by atoms with Crippen molar-refractivity contribution in [2.45, 2.75) is 38.6 Å². The van der Waals surface area contributed by atoms with E-state index in [-0.39, 0.29) is 28.2 Å². The van der Waals surface area contributed by atoms with Crippen LogP contribution in [0.3, 0.4) is 0 Å². The van der Waals surface area contributed by atoms with Crippen LogP contribution in [-0.2, 0) is 9.53 Å². The van der Waals surface area contributed by atoms with Gasteiger partial charge in [0.25, 0.3) is 5.91 Å². The third-order valence-corrected chi connectivity index (χ3v) is 7.50. The molecule has 0 radical (unpaired) electrons. The van der Waals surface area contributed by atoms with E-state index < -0.39 is 23.9 Å². The third-order valence-electron chi connectivity index (χ3n) is 7.21. The van der Waals surface area contributed by atoms with E-state index in [0.29, 0.717) is 35.5 Å². The molecule has 2 aromatic carbocycles. The first-order valence-electron chi connectivity index (χ1n) is 13.7. The maximum absolute atomic E-state index is 14.5. The smallest absolute Gasteiger partial charge is 0.411 e. The fourth-order valence-corrected chi connectivity index (χ4v) is 4.99. The van der Waals surface area contributed by atoms with E-state index >= 15 is 0 Å². The minimum Gasteiger partial charge on any atom is -0.453 e. The van der Waals surface area contributed by atoms with Crippen molar-refractivity contribution < 1.29 is 23.5 Å². The summed E-state index contributed by atoms with van der Waals surface area (Å²) in [5, 5.41) is 16.4. The minimum atomic E-state index is -0.670. The molecule has 2 aromatic heterocycles. The predicted octanol–water partition coefficient (Wildman–Crippen LogP) is 5.92. The number of rotatable bonds is 4. The molecule has 0 fully saturated rings. The number of amides is 3. The molecule has 11 nitrogen and oxygen atoms in total. The Hall–Kier alpha value is -4.84. The molecule has 2 atom stereocenters. The summed E-state index contributed by atoms with van der Waals surface area (Å²) in [7, 11) is 1.27. The van der Waals surface area contributed by atoms with Crippen LogP contribution < -0.4 is 16.0 Å². The molecule has 0 unspecified atom stereocenters. The number of pyridine rings is 1. The number of hydrogen-bond donors (Lipinski definition) is 3. The van der Waals surface area contributed by atoms with E-state index in [4.69, 9.17) is 16.3 Å². The standard InChI is InChI=1S/C30H29ClFN7O4/c1-17-6-3-4-8-22(35-29(41)25-16-39(38-37-25)26-9-5-7-21(31)27(26)32)18-12-13-33-23(14-18)20-11-10-19(34-30(42)43-2)15-24(20)36-28(17)40/h5,7,9-17,22H,3-4,6,8H2,1-2H3,(H,34,42)(H,35,41)(H,36,40)/t17-,22-/m0/s1. The molecule has 43 heavy (non-hydrogen) atoms. The summed E-state index contributed by atoms with van der Waals surface area (Å²) in [6, 6.07) is 12.8. The van der Waals surface area contributed by atoms with E-state index in [1.165, 1.54) is 25.4 Å². The van der Waals surface area contributed by atoms with Gasteiger partial charge in [0.2, 0.25) is 5.91 Å². The van der Waals surface area contributed by atoms with E-state index in [1.54, 1.807) is 30.5 Å². The molecule has 3 N–H and O–H groups in total. The number of hydrogen-bond acceptors (Lipinski definition) is 7. The number of carbonyl (C=O) groups is 3. The van der Waals surface area contributed by atoms with E-state index in [0.717, 1.165) is 23.1 Å². The van der Waals surface area contributed by atoms with Gasteiger partial charge in [-0.15, -0.1) is 5.10 Å². The van der Waals surface area contributed by atoms with Crippen LogP contribution in [0.1, 0.15) is 54.7 Å². The second kappa shape index (κ2) is 13.0. The zero-order valence-electron chi connectivity index (χ0n) is 23.4. The van der Waals surface area contributed by atoms with Crippen molar-refractivity contribution in [3.8, 4) is 16.9 Å². The monoisotopic (exact) mass is 605 g/mol. The Bertz CT molecular complexity index is 1680. The van der Waals surface area contributed by atoms with Crippen molar-refractivity contribution in [1.29, 1.82) is 0 Å². The fourth-order valence-electron chi connectivity index (χ4n) is 4.82. The highest BCUT2D eigenvalue weighted by Crippen LogP contribution is 2.33. The molecule has 3 heterocycles. The van der Waals surface area contributed by atoms with Crippen molar-refractivity contribution in [2.24, 2.45) is 5.92 Å². The molecule has 2 bridgehead atoms. The van der Waals surface area contributed by atoms with Gasteiger partial charge in [-0.3, -0.25) is 19.9 Å². The summed E-state index contributed by atoms with van der Waals surface area (Å²) in [6.07, 6.45) is 5.06. The highest BCUT2D eigenvalue weighted by molar-refractivity contribution is 6.30. The molecule has 13 heteroatoms. The normalized spacial score (nSPS) is 16.9. The molecular weight excluding hydrogens is 577 g/mol. The first-order chi connectivity index (χ1) is 20.7. The van der Waals surface area contributed by atoms with Gasteiger partial charge in [0.1, 0.15) is 5.69 Å². The first-order valence-corrected chi connectivity index (χ1v) is 14.0. The molecular formula is C30H29ClFN7O4. The van der Waals surface area contributed by atoms with Gasteiger partial charge < -0.3 is 15.4 Å². The van der Waals surface area contributed by atoms with Crippen molar-refractivity contribution >= 4 is 40.9 Å². The molecule has 1 aliphatic rings. The lowest BCUT2D eigenvalue weighted by Crippen LogP contribution is -2.29. The average molecular weight is 606 g/mol. The first kappa shape index (κ1) is 29.6. The molecule has 0 saturated carbocycles. The van der Waals surface area contributed by atoms with Crippen LogP contribution in [0.15, 0.2) is 60.9 Å². The molecule has 0 spiro atoms. The van der Waals surface area contributed by atoms with Crippen LogP contribution in [0, 0.1) is 11.7 Å². The number of carbonyl (C=O) groups excluding carboxylic acids is 3. The van der Waals surface area contributed by atoms with Crippen LogP contribution >= 0.6 is 11.6 Å². The van der Waals surface area contributed by atoms with Crippen LogP contribution in [0.2, 0.25) is 5.02 Å². The summed E-state index contributed by atoms with van der Waals surface area (Å²) in [5.74, 6) is -1.59. The van der Waals surface area contributed by atoms with Gasteiger partial charge in [-0.05, 0) is 60.9 Å². The van der Waals surface area contributed by atoms with E-state index in [9.17, 15) is 18.8 Å². The Labute approximate surface area is 251 Å². The molecule has 4 aromatic rings. The van der Waals surface area contributed by atoms with E-state index in [1.807, 2.05) is 19.1 Å². The number of fused-ring (bicyclic) bond motifs is 4. The second-order valence-corrected chi connectivity index (χ2v) is 10.6. The Kier molecular flexibility index (Phi) is 8.96. The van der Waals surface area contributed by atoms with Gasteiger partial charge >= 0.3 is 6.09 Å². The zero-order valence-corrected chi connectivity index (χ0v) is 24.2. The number of benzene rings is 2. The quantitative estimate of drug-likeness (QED) is 0.262. The maximum Gasteiger partial charge on any atom is 0.411 e. The van der Waals surface area contributed by atoms with Gasteiger partial charge in [-0.1, -0.05) is 42.6 Å². The van der Waals surface area contributed by atoms with E-state index in [2.05, 4.69) is 31.2 Å². The minimum absolute atomic E-state index is 0.0102. The number of halogens is 2. The van der Waals surface area contributed by atoms with Crippen LogP contribution in [0.5, 0.6) is 0 Å².